The Hall–Kier alpha value is -1.76. The van der Waals surface area contributed by atoms with Crippen LogP contribution in [0.4, 0.5) is 5.82 Å². The molecule has 1 aromatic carbocycles. The lowest BCUT2D eigenvalue weighted by atomic mass is 10.0. The molecule has 1 aromatic heterocycles. The summed E-state index contributed by atoms with van der Waals surface area (Å²) in [7, 11) is 4.01. The van der Waals surface area contributed by atoms with Crippen LogP contribution in [0.3, 0.4) is 0 Å². The highest BCUT2D eigenvalue weighted by molar-refractivity contribution is 6.28. The SMILES string of the molecule is CN(C)CCCC(=O)c1ccc2c(N3CCOCC3)nc(Cl)nc2c1. The Morgan fingerprint density at radius 2 is 2.04 bits per heavy atom. The minimum atomic E-state index is 0.131. The molecule has 0 bridgehead atoms. The Balaban J connectivity index is 1.86. The van der Waals surface area contributed by atoms with Gasteiger partial charge in [-0.15, -0.1) is 0 Å². The van der Waals surface area contributed by atoms with E-state index in [0.29, 0.717) is 30.7 Å². The predicted molar refractivity (Wildman–Crippen MR) is 99.7 cm³/mol. The first-order valence-electron chi connectivity index (χ1n) is 8.52. The number of Topliss-reactive ketones (excluding diaryl/α,β-unsaturated/α-hetero) is 1. The number of carbonyl (C=O) groups is 1. The lowest BCUT2D eigenvalue weighted by Crippen LogP contribution is -2.37. The third-order valence-corrected chi connectivity index (χ3v) is 4.46. The van der Waals surface area contributed by atoms with Gasteiger partial charge in [-0.05, 0) is 50.8 Å². The summed E-state index contributed by atoms with van der Waals surface area (Å²) in [5.74, 6) is 0.941. The Morgan fingerprint density at radius 1 is 1.28 bits per heavy atom. The number of hydrogen-bond acceptors (Lipinski definition) is 6. The summed E-state index contributed by atoms with van der Waals surface area (Å²) in [6.45, 7) is 3.78. The van der Waals surface area contributed by atoms with Gasteiger partial charge in [-0.2, -0.15) is 4.98 Å². The van der Waals surface area contributed by atoms with Gasteiger partial charge in [0.05, 0.1) is 18.7 Å². The van der Waals surface area contributed by atoms with Crippen LogP contribution in [0.1, 0.15) is 23.2 Å². The van der Waals surface area contributed by atoms with Crippen molar-refractivity contribution in [1.82, 2.24) is 14.9 Å². The third kappa shape index (κ3) is 4.45. The van der Waals surface area contributed by atoms with Crippen molar-refractivity contribution in [1.29, 1.82) is 0 Å². The van der Waals surface area contributed by atoms with Crippen LogP contribution in [0.15, 0.2) is 18.2 Å². The number of rotatable bonds is 6. The van der Waals surface area contributed by atoms with Crippen LogP contribution < -0.4 is 4.90 Å². The minimum Gasteiger partial charge on any atom is -0.378 e. The standard InChI is InChI=1S/C18H23ClN4O2/c1-22(2)7-3-4-16(24)13-5-6-14-15(12-13)20-18(19)21-17(14)23-8-10-25-11-9-23/h5-6,12H,3-4,7-11H2,1-2H3. The molecule has 0 unspecified atom stereocenters. The summed E-state index contributed by atoms with van der Waals surface area (Å²) in [6.07, 6.45) is 1.37. The lowest BCUT2D eigenvalue weighted by Gasteiger charge is -2.28. The maximum atomic E-state index is 12.4. The number of aromatic nitrogens is 2. The first-order valence-corrected chi connectivity index (χ1v) is 8.90. The fraction of sp³-hybridized carbons (Fsp3) is 0.500. The van der Waals surface area contributed by atoms with Crippen molar-refractivity contribution in [3.05, 3.63) is 29.0 Å². The van der Waals surface area contributed by atoms with Crippen LogP contribution in [0.25, 0.3) is 10.9 Å². The van der Waals surface area contributed by atoms with Crippen molar-refractivity contribution in [2.24, 2.45) is 0 Å². The van der Waals surface area contributed by atoms with Gasteiger partial charge in [0, 0.05) is 30.5 Å². The number of halogens is 1. The molecule has 0 amide bonds. The molecule has 3 rings (SSSR count). The molecule has 1 fully saturated rings. The second kappa shape index (κ2) is 8.08. The van der Waals surface area contributed by atoms with E-state index >= 15 is 0 Å². The maximum absolute atomic E-state index is 12.4. The van der Waals surface area contributed by atoms with E-state index in [-0.39, 0.29) is 11.1 Å². The Labute approximate surface area is 152 Å². The third-order valence-electron chi connectivity index (χ3n) is 4.29. The Bertz CT molecular complexity index is 760. The van der Waals surface area contributed by atoms with E-state index in [1.54, 1.807) is 0 Å². The van der Waals surface area contributed by atoms with Crippen molar-refractivity contribution < 1.29 is 9.53 Å². The highest BCUT2D eigenvalue weighted by Gasteiger charge is 2.18. The average Bonchev–Trinajstić information content (AvgIpc) is 2.60. The van der Waals surface area contributed by atoms with Gasteiger partial charge in [0.2, 0.25) is 5.28 Å². The van der Waals surface area contributed by atoms with Crippen molar-refractivity contribution >= 4 is 34.1 Å². The van der Waals surface area contributed by atoms with Crippen molar-refractivity contribution in [2.75, 3.05) is 51.8 Å². The highest BCUT2D eigenvalue weighted by atomic mass is 35.5. The summed E-state index contributed by atoms with van der Waals surface area (Å²) >= 11 is 6.12. The molecule has 0 saturated carbocycles. The van der Waals surface area contributed by atoms with Gasteiger partial charge in [-0.3, -0.25) is 4.79 Å². The summed E-state index contributed by atoms with van der Waals surface area (Å²) < 4.78 is 5.40. The molecule has 0 radical (unpaired) electrons. The average molecular weight is 363 g/mol. The highest BCUT2D eigenvalue weighted by Crippen LogP contribution is 2.27. The van der Waals surface area contributed by atoms with Gasteiger partial charge in [0.1, 0.15) is 5.82 Å². The molecule has 0 atom stereocenters. The molecule has 2 aromatic rings. The molecule has 1 aliphatic heterocycles. The number of fused-ring (bicyclic) bond motifs is 1. The van der Waals surface area contributed by atoms with Crippen molar-refractivity contribution in [3.8, 4) is 0 Å². The molecular formula is C18H23ClN4O2. The van der Waals surface area contributed by atoms with Crippen LogP contribution in [-0.4, -0.2) is 67.6 Å². The molecule has 134 valence electrons. The number of ketones is 1. The van der Waals surface area contributed by atoms with Crippen molar-refractivity contribution in [3.63, 3.8) is 0 Å². The summed E-state index contributed by atoms with van der Waals surface area (Å²) in [6, 6.07) is 5.61. The number of hydrogen-bond donors (Lipinski definition) is 0. The maximum Gasteiger partial charge on any atom is 0.224 e. The second-order valence-corrected chi connectivity index (χ2v) is 6.82. The van der Waals surface area contributed by atoms with E-state index in [2.05, 4.69) is 19.8 Å². The zero-order chi connectivity index (χ0) is 17.8. The van der Waals surface area contributed by atoms with Gasteiger partial charge >= 0.3 is 0 Å². The number of anilines is 1. The number of benzene rings is 1. The molecule has 0 spiro atoms. The van der Waals surface area contributed by atoms with E-state index in [1.165, 1.54) is 0 Å². The van der Waals surface area contributed by atoms with Gasteiger partial charge in [0.15, 0.2) is 5.78 Å². The number of ether oxygens (including phenoxy) is 1. The summed E-state index contributed by atoms with van der Waals surface area (Å²) in [4.78, 5) is 25.4. The lowest BCUT2D eigenvalue weighted by molar-refractivity contribution is 0.0977. The molecule has 2 heterocycles. The van der Waals surface area contributed by atoms with Crippen LogP contribution in [0.2, 0.25) is 5.28 Å². The second-order valence-electron chi connectivity index (χ2n) is 6.48. The van der Waals surface area contributed by atoms with Gasteiger partial charge in [0.25, 0.3) is 0 Å². The largest absolute Gasteiger partial charge is 0.378 e. The van der Waals surface area contributed by atoms with Gasteiger partial charge in [-0.1, -0.05) is 6.07 Å². The zero-order valence-electron chi connectivity index (χ0n) is 14.7. The molecule has 1 aliphatic rings. The van der Waals surface area contributed by atoms with Crippen LogP contribution in [-0.2, 0) is 4.74 Å². The van der Waals surface area contributed by atoms with Gasteiger partial charge < -0.3 is 14.5 Å². The summed E-state index contributed by atoms with van der Waals surface area (Å²) in [5.41, 5.74) is 1.38. The fourth-order valence-corrected chi connectivity index (χ4v) is 3.15. The molecule has 6 nitrogen and oxygen atoms in total. The number of morpholine rings is 1. The van der Waals surface area contributed by atoms with E-state index in [1.807, 2.05) is 32.3 Å². The first kappa shape index (κ1) is 18.0. The van der Waals surface area contributed by atoms with E-state index in [9.17, 15) is 4.79 Å². The van der Waals surface area contributed by atoms with Gasteiger partial charge in [-0.25, -0.2) is 4.98 Å². The van der Waals surface area contributed by atoms with E-state index in [0.717, 1.165) is 37.3 Å². The Morgan fingerprint density at radius 3 is 2.76 bits per heavy atom. The Kier molecular flexibility index (Phi) is 5.83. The smallest absolute Gasteiger partial charge is 0.224 e. The summed E-state index contributed by atoms with van der Waals surface area (Å²) in [5, 5.41) is 1.11. The normalized spacial score (nSPS) is 15.1. The molecule has 1 saturated heterocycles. The monoisotopic (exact) mass is 362 g/mol. The molecule has 0 N–H and O–H groups in total. The van der Waals surface area contributed by atoms with Crippen molar-refractivity contribution in [2.45, 2.75) is 12.8 Å². The molecule has 7 heteroatoms. The van der Waals surface area contributed by atoms with Crippen LogP contribution >= 0.6 is 11.6 Å². The van der Waals surface area contributed by atoms with Crippen LogP contribution in [0, 0.1) is 0 Å². The number of nitrogens with zero attached hydrogens (tertiary/aromatic N) is 4. The molecule has 0 aliphatic carbocycles. The minimum absolute atomic E-state index is 0.131. The molecular weight excluding hydrogens is 340 g/mol. The quantitative estimate of drug-likeness (QED) is 0.581. The van der Waals surface area contributed by atoms with E-state index in [4.69, 9.17) is 16.3 Å². The van der Waals surface area contributed by atoms with Crippen LogP contribution in [0.5, 0.6) is 0 Å². The fourth-order valence-electron chi connectivity index (χ4n) is 2.98. The number of carbonyl (C=O) groups excluding carboxylic acids is 1. The topological polar surface area (TPSA) is 58.6 Å². The predicted octanol–water partition coefficient (Wildman–Crippen LogP) is 2.64. The first-order chi connectivity index (χ1) is 12.0. The molecule has 25 heavy (non-hydrogen) atoms. The zero-order valence-corrected chi connectivity index (χ0v) is 15.4. The van der Waals surface area contributed by atoms with E-state index < -0.39 is 0 Å².